The molecule has 1 heterocycles. The molecule has 3 atom stereocenters. The standard InChI is InChI=1S/C17H23NO2/c19-13-15-11-16-17(12-15)20-10-9-18(16)8-4-7-14-5-2-1-3-6-14/h1-7,15-17,19H,8-13H2/b7-4+/t15-,16+,17?/m1/s1. The van der Waals surface area contributed by atoms with Crippen LogP contribution in [0, 0.1) is 5.92 Å². The summed E-state index contributed by atoms with van der Waals surface area (Å²) in [6.07, 6.45) is 6.83. The normalized spacial score (nSPS) is 30.8. The predicted molar refractivity (Wildman–Crippen MR) is 80.4 cm³/mol. The van der Waals surface area contributed by atoms with Crippen LogP contribution in [0.2, 0.25) is 0 Å². The molecule has 1 aliphatic heterocycles. The molecule has 1 saturated heterocycles. The molecule has 1 saturated carbocycles. The van der Waals surface area contributed by atoms with Gasteiger partial charge in [-0.3, -0.25) is 4.90 Å². The van der Waals surface area contributed by atoms with Crippen LogP contribution in [-0.4, -0.2) is 48.5 Å². The number of fused-ring (bicyclic) bond motifs is 1. The number of nitrogens with zero attached hydrogens (tertiary/aromatic N) is 1. The van der Waals surface area contributed by atoms with Gasteiger partial charge in [-0.2, -0.15) is 0 Å². The van der Waals surface area contributed by atoms with E-state index in [9.17, 15) is 5.11 Å². The van der Waals surface area contributed by atoms with Crippen molar-refractivity contribution in [3.8, 4) is 0 Å². The second-order valence-electron chi connectivity index (χ2n) is 5.80. The van der Waals surface area contributed by atoms with Gasteiger partial charge in [0.2, 0.25) is 0 Å². The number of hydrogen-bond donors (Lipinski definition) is 1. The maximum absolute atomic E-state index is 9.34. The lowest BCUT2D eigenvalue weighted by Gasteiger charge is -2.36. The molecule has 3 nitrogen and oxygen atoms in total. The van der Waals surface area contributed by atoms with Crippen molar-refractivity contribution < 1.29 is 9.84 Å². The van der Waals surface area contributed by atoms with Crippen LogP contribution in [0.25, 0.3) is 6.08 Å². The van der Waals surface area contributed by atoms with E-state index >= 15 is 0 Å². The minimum Gasteiger partial charge on any atom is -0.396 e. The zero-order valence-electron chi connectivity index (χ0n) is 11.8. The van der Waals surface area contributed by atoms with E-state index in [1.165, 1.54) is 5.56 Å². The van der Waals surface area contributed by atoms with Gasteiger partial charge in [-0.05, 0) is 24.3 Å². The zero-order chi connectivity index (χ0) is 13.8. The van der Waals surface area contributed by atoms with Crippen LogP contribution in [0.5, 0.6) is 0 Å². The molecule has 2 aliphatic rings. The van der Waals surface area contributed by atoms with Crippen molar-refractivity contribution in [1.29, 1.82) is 0 Å². The minimum absolute atomic E-state index is 0.296. The third kappa shape index (κ3) is 3.11. The Bertz CT molecular complexity index is 446. The Morgan fingerprint density at radius 2 is 2.10 bits per heavy atom. The largest absolute Gasteiger partial charge is 0.396 e. The SMILES string of the molecule is OC[C@H]1CC2OCCN(C/C=C/c3ccccc3)[C@H]2C1. The molecule has 0 bridgehead atoms. The summed E-state index contributed by atoms with van der Waals surface area (Å²) >= 11 is 0. The van der Waals surface area contributed by atoms with Gasteiger partial charge >= 0.3 is 0 Å². The Labute approximate surface area is 120 Å². The molecule has 1 unspecified atom stereocenters. The monoisotopic (exact) mass is 273 g/mol. The Kier molecular flexibility index (Phi) is 4.51. The van der Waals surface area contributed by atoms with Crippen LogP contribution in [0.4, 0.5) is 0 Å². The lowest BCUT2D eigenvalue weighted by Crippen LogP contribution is -2.48. The van der Waals surface area contributed by atoms with Gasteiger partial charge in [0.1, 0.15) is 0 Å². The van der Waals surface area contributed by atoms with Crippen LogP contribution in [0.3, 0.4) is 0 Å². The van der Waals surface area contributed by atoms with Gasteiger partial charge in [-0.15, -0.1) is 0 Å². The van der Waals surface area contributed by atoms with Crippen LogP contribution in [-0.2, 0) is 4.74 Å². The quantitative estimate of drug-likeness (QED) is 0.912. The first-order valence-corrected chi connectivity index (χ1v) is 7.55. The van der Waals surface area contributed by atoms with E-state index < -0.39 is 0 Å². The first-order valence-electron chi connectivity index (χ1n) is 7.55. The molecule has 1 aromatic carbocycles. The maximum atomic E-state index is 9.34. The fourth-order valence-electron chi connectivity index (χ4n) is 3.39. The number of aliphatic hydroxyl groups excluding tert-OH is 1. The summed E-state index contributed by atoms with van der Waals surface area (Å²) in [5.74, 6) is 0.420. The van der Waals surface area contributed by atoms with Gasteiger partial charge in [0, 0.05) is 25.7 Å². The molecule has 0 aromatic heterocycles. The molecule has 0 radical (unpaired) electrons. The third-order valence-corrected chi connectivity index (χ3v) is 4.46. The van der Waals surface area contributed by atoms with Crippen LogP contribution >= 0.6 is 0 Å². The fraction of sp³-hybridized carbons (Fsp3) is 0.529. The van der Waals surface area contributed by atoms with Gasteiger partial charge in [0.15, 0.2) is 0 Å². The number of benzene rings is 1. The van der Waals surface area contributed by atoms with E-state index in [1.807, 2.05) is 6.07 Å². The van der Waals surface area contributed by atoms with Crippen molar-refractivity contribution in [3.63, 3.8) is 0 Å². The van der Waals surface area contributed by atoms with Gasteiger partial charge < -0.3 is 9.84 Å². The minimum atomic E-state index is 0.296. The summed E-state index contributed by atoms with van der Waals surface area (Å²) in [6, 6.07) is 10.9. The molecule has 0 spiro atoms. The van der Waals surface area contributed by atoms with Crippen molar-refractivity contribution in [2.75, 3.05) is 26.3 Å². The molecule has 20 heavy (non-hydrogen) atoms. The van der Waals surface area contributed by atoms with Crippen molar-refractivity contribution >= 4 is 6.08 Å². The fourth-order valence-corrected chi connectivity index (χ4v) is 3.39. The van der Waals surface area contributed by atoms with E-state index in [2.05, 4.69) is 41.3 Å². The van der Waals surface area contributed by atoms with Crippen LogP contribution in [0.1, 0.15) is 18.4 Å². The van der Waals surface area contributed by atoms with E-state index in [0.29, 0.717) is 24.7 Å². The Morgan fingerprint density at radius 1 is 1.25 bits per heavy atom. The second-order valence-corrected chi connectivity index (χ2v) is 5.80. The number of morpholine rings is 1. The second kappa shape index (κ2) is 6.53. The van der Waals surface area contributed by atoms with Crippen molar-refractivity contribution in [1.82, 2.24) is 4.90 Å². The zero-order valence-corrected chi connectivity index (χ0v) is 11.8. The Morgan fingerprint density at radius 3 is 2.90 bits per heavy atom. The van der Waals surface area contributed by atoms with Crippen molar-refractivity contribution in [2.24, 2.45) is 5.92 Å². The van der Waals surface area contributed by atoms with Crippen molar-refractivity contribution in [3.05, 3.63) is 42.0 Å². The lowest BCUT2D eigenvalue weighted by atomic mass is 10.1. The highest BCUT2D eigenvalue weighted by Crippen LogP contribution is 2.33. The number of rotatable bonds is 4. The summed E-state index contributed by atoms with van der Waals surface area (Å²) in [6.45, 7) is 3.08. The summed E-state index contributed by atoms with van der Waals surface area (Å²) in [5.41, 5.74) is 1.25. The van der Waals surface area contributed by atoms with Gasteiger partial charge in [-0.1, -0.05) is 42.5 Å². The predicted octanol–water partition coefficient (Wildman–Crippen LogP) is 2.17. The number of ether oxygens (including phenoxy) is 1. The van der Waals surface area contributed by atoms with Crippen molar-refractivity contribution in [2.45, 2.75) is 25.0 Å². The molecular weight excluding hydrogens is 250 g/mol. The van der Waals surface area contributed by atoms with E-state index in [0.717, 1.165) is 32.5 Å². The molecule has 3 rings (SSSR count). The summed E-state index contributed by atoms with van der Waals surface area (Å²) in [7, 11) is 0. The summed E-state index contributed by atoms with van der Waals surface area (Å²) in [5, 5.41) is 9.34. The van der Waals surface area contributed by atoms with Gasteiger partial charge in [-0.25, -0.2) is 0 Å². The summed E-state index contributed by atoms with van der Waals surface area (Å²) in [4.78, 5) is 2.50. The van der Waals surface area contributed by atoms with Gasteiger partial charge in [0.25, 0.3) is 0 Å². The molecule has 1 N–H and O–H groups in total. The molecule has 1 aliphatic carbocycles. The average molecular weight is 273 g/mol. The average Bonchev–Trinajstić information content (AvgIpc) is 2.92. The molecule has 1 aromatic rings. The van der Waals surface area contributed by atoms with Crippen LogP contribution in [0.15, 0.2) is 36.4 Å². The Balaban J connectivity index is 1.58. The lowest BCUT2D eigenvalue weighted by molar-refractivity contribution is -0.0513. The smallest absolute Gasteiger partial charge is 0.0734 e. The highest BCUT2D eigenvalue weighted by atomic mass is 16.5. The topological polar surface area (TPSA) is 32.7 Å². The number of aliphatic hydroxyl groups is 1. The first-order chi connectivity index (χ1) is 9.86. The van der Waals surface area contributed by atoms with Gasteiger partial charge in [0.05, 0.1) is 12.7 Å². The maximum Gasteiger partial charge on any atom is 0.0734 e. The Hall–Kier alpha value is -1.16. The highest BCUT2D eigenvalue weighted by molar-refractivity contribution is 5.48. The molecule has 3 heteroatoms. The molecule has 2 fully saturated rings. The van der Waals surface area contributed by atoms with E-state index in [1.54, 1.807) is 0 Å². The summed E-state index contributed by atoms with van der Waals surface area (Å²) < 4.78 is 5.85. The van der Waals surface area contributed by atoms with E-state index in [-0.39, 0.29) is 0 Å². The molecule has 108 valence electrons. The van der Waals surface area contributed by atoms with E-state index in [4.69, 9.17) is 4.74 Å². The highest BCUT2D eigenvalue weighted by Gasteiger charge is 2.40. The molecule has 0 amide bonds. The number of hydrogen-bond acceptors (Lipinski definition) is 3. The first kappa shape index (κ1) is 13.8. The van der Waals surface area contributed by atoms with Crippen LogP contribution < -0.4 is 0 Å². The molecular formula is C17H23NO2. The third-order valence-electron chi connectivity index (χ3n) is 4.46.